The summed E-state index contributed by atoms with van der Waals surface area (Å²) < 4.78 is 5.64. The Morgan fingerprint density at radius 1 is 1.41 bits per heavy atom. The Kier molecular flexibility index (Phi) is 3.67. The predicted molar refractivity (Wildman–Crippen MR) is 62.2 cm³/mol. The normalized spacial score (nSPS) is 20.5. The molecule has 17 heavy (non-hydrogen) atoms. The SMILES string of the molecule is COC1(C(C#N)c2ncccn2)CCNCC1. The molecule has 2 rings (SSSR count). The van der Waals surface area contributed by atoms with E-state index in [2.05, 4.69) is 21.4 Å². The topological polar surface area (TPSA) is 70.8 Å². The quantitative estimate of drug-likeness (QED) is 0.836. The summed E-state index contributed by atoms with van der Waals surface area (Å²) in [5.74, 6) is 0.148. The van der Waals surface area contributed by atoms with E-state index in [4.69, 9.17) is 4.74 Å². The Balaban J connectivity index is 2.31. The fraction of sp³-hybridized carbons (Fsp3) is 0.583. The molecule has 1 aromatic heterocycles. The highest BCUT2D eigenvalue weighted by atomic mass is 16.5. The monoisotopic (exact) mass is 232 g/mol. The van der Waals surface area contributed by atoms with Gasteiger partial charge in [-0.3, -0.25) is 0 Å². The first-order valence-electron chi connectivity index (χ1n) is 5.75. The number of methoxy groups -OCH3 is 1. The fourth-order valence-electron chi connectivity index (χ4n) is 2.33. The van der Waals surface area contributed by atoms with Crippen LogP contribution in [0.2, 0.25) is 0 Å². The van der Waals surface area contributed by atoms with Gasteiger partial charge in [0.2, 0.25) is 0 Å². The Morgan fingerprint density at radius 2 is 2.06 bits per heavy atom. The molecule has 5 nitrogen and oxygen atoms in total. The van der Waals surface area contributed by atoms with Crippen molar-refractivity contribution in [3.63, 3.8) is 0 Å². The lowest BCUT2D eigenvalue weighted by molar-refractivity contribution is -0.0449. The molecule has 1 fully saturated rings. The molecule has 1 aromatic rings. The smallest absolute Gasteiger partial charge is 0.148 e. The minimum absolute atomic E-state index is 0.407. The summed E-state index contributed by atoms with van der Waals surface area (Å²) in [5, 5.41) is 12.7. The van der Waals surface area contributed by atoms with E-state index in [1.54, 1.807) is 25.6 Å². The second-order valence-electron chi connectivity index (χ2n) is 4.19. The number of piperidine rings is 1. The van der Waals surface area contributed by atoms with Gasteiger partial charge in [-0.1, -0.05) is 0 Å². The molecule has 1 atom stereocenters. The van der Waals surface area contributed by atoms with Gasteiger partial charge in [0.05, 0.1) is 11.7 Å². The minimum Gasteiger partial charge on any atom is -0.376 e. The van der Waals surface area contributed by atoms with Gasteiger partial charge in [-0.25, -0.2) is 9.97 Å². The van der Waals surface area contributed by atoms with Crippen LogP contribution in [0, 0.1) is 11.3 Å². The zero-order valence-corrected chi connectivity index (χ0v) is 9.89. The first kappa shape index (κ1) is 12.0. The van der Waals surface area contributed by atoms with Crippen molar-refractivity contribution in [3.8, 4) is 6.07 Å². The molecule has 0 aromatic carbocycles. The van der Waals surface area contributed by atoms with Gasteiger partial charge in [-0.2, -0.15) is 5.26 Å². The van der Waals surface area contributed by atoms with Crippen LogP contribution in [0.4, 0.5) is 0 Å². The molecule has 2 heterocycles. The first-order chi connectivity index (χ1) is 8.32. The van der Waals surface area contributed by atoms with Crippen LogP contribution in [-0.4, -0.2) is 35.8 Å². The molecule has 0 radical (unpaired) electrons. The minimum atomic E-state index is -0.457. The Morgan fingerprint density at radius 3 is 2.59 bits per heavy atom. The van der Waals surface area contributed by atoms with Crippen LogP contribution in [0.1, 0.15) is 24.6 Å². The van der Waals surface area contributed by atoms with E-state index in [1.807, 2.05) is 0 Å². The number of ether oxygens (including phenoxy) is 1. The number of nitriles is 1. The maximum Gasteiger partial charge on any atom is 0.148 e. The van der Waals surface area contributed by atoms with Crippen LogP contribution in [-0.2, 0) is 4.74 Å². The van der Waals surface area contributed by atoms with Crippen molar-refractivity contribution >= 4 is 0 Å². The van der Waals surface area contributed by atoms with Crippen LogP contribution in [0.15, 0.2) is 18.5 Å². The average Bonchev–Trinajstić information content (AvgIpc) is 2.42. The van der Waals surface area contributed by atoms with E-state index in [-0.39, 0.29) is 0 Å². The second kappa shape index (κ2) is 5.21. The molecule has 0 saturated carbocycles. The highest BCUT2D eigenvalue weighted by Crippen LogP contribution is 2.36. The summed E-state index contributed by atoms with van der Waals surface area (Å²) in [6, 6.07) is 4.05. The van der Waals surface area contributed by atoms with Gasteiger partial charge < -0.3 is 10.1 Å². The summed E-state index contributed by atoms with van der Waals surface area (Å²) in [6.45, 7) is 1.72. The molecule has 0 spiro atoms. The molecule has 0 aliphatic carbocycles. The van der Waals surface area contributed by atoms with E-state index in [9.17, 15) is 5.26 Å². The van der Waals surface area contributed by atoms with Gasteiger partial charge in [0, 0.05) is 19.5 Å². The van der Waals surface area contributed by atoms with Crippen LogP contribution in [0.5, 0.6) is 0 Å². The molecule has 5 heteroatoms. The maximum atomic E-state index is 9.40. The van der Waals surface area contributed by atoms with Gasteiger partial charge in [-0.05, 0) is 32.0 Å². The number of aromatic nitrogens is 2. The Labute approximate surface area is 101 Å². The lowest BCUT2D eigenvalue weighted by Gasteiger charge is -2.38. The molecule has 1 saturated heterocycles. The van der Waals surface area contributed by atoms with Gasteiger partial charge in [0.25, 0.3) is 0 Å². The van der Waals surface area contributed by atoms with Crippen molar-refractivity contribution in [2.75, 3.05) is 20.2 Å². The molecular weight excluding hydrogens is 216 g/mol. The number of hydrogen-bond donors (Lipinski definition) is 1. The zero-order valence-electron chi connectivity index (χ0n) is 9.89. The van der Waals surface area contributed by atoms with Gasteiger partial charge in [0.1, 0.15) is 11.7 Å². The summed E-state index contributed by atoms with van der Waals surface area (Å²) in [4.78, 5) is 8.37. The van der Waals surface area contributed by atoms with E-state index in [1.165, 1.54) is 0 Å². The van der Waals surface area contributed by atoms with Gasteiger partial charge in [-0.15, -0.1) is 0 Å². The third-order valence-electron chi connectivity index (χ3n) is 3.36. The van der Waals surface area contributed by atoms with Crippen LogP contribution < -0.4 is 5.32 Å². The Bertz CT molecular complexity index is 395. The molecule has 1 N–H and O–H groups in total. The zero-order chi connectivity index (χ0) is 12.1. The molecule has 1 unspecified atom stereocenters. The summed E-state index contributed by atoms with van der Waals surface area (Å²) in [5.41, 5.74) is -0.457. The van der Waals surface area contributed by atoms with Crippen LogP contribution in [0.3, 0.4) is 0 Å². The van der Waals surface area contributed by atoms with Crippen LogP contribution in [0.25, 0.3) is 0 Å². The third kappa shape index (κ3) is 2.28. The molecule has 0 bridgehead atoms. The molecule has 90 valence electrons. The van der Waals surface area contributed by atoms with Crippen molar-refractivity contribution in [2.45, 2.75) is 24.4 Å². The van der Waals surface area contributed by atoms with Crippen molar-refractivity contribution in [1.82, 2.24) is 15.3 Å². The number of nitrogens with zero attached hydrogens (tertiary/aromatic N) is 3. The second-order valence-corrected chi connectivity index (χ2v) is 4.19. The Hall–Kier alpha value is -1.51. The van der Waals surface area contributed by atoms with Gasteiger partial charge >= 0.3 is 0 Å². The van der Waals surface area contributed by atoms with E-state index >= 15 is 0 Å². The first-order valence-corrected chi connectivity index (χ1v) is 5.75. The molecule has 1 aliphatic rings. The summed E-state index contributed by atoms with van der Waals surface area (Å²) >= 11 is 0. The van der Waals surface area contributed by atoms with Crippen molar-refractivity contribution in [1.29, 1.82) is 5.26 Å². The van der Waals surface area contributed by atoms with Crippen molar-refractivity contribution < 1.29 is 4.74 Å². The summed E-state index contributed by atoms with van der Waals surface area (Å²) in [7, 11) is 1.67. The highest BCUT2D eigenvalue weighted by molar-refractivity contribution is 5.18. The van der Waals surface area contributed by atoms with Crippen molar-refractivity contribution in [3.05, 3.63) is 24.3 Å². The van der Waals surface area contributed by atoms with E-state index in [0.29, 0.717) is 5.82 Å². The predicted octanol–water partition coefficient (Wildman–Crippen LogP) is 0.852. The number of nitrogens with one attached hydrogen (secondary N) is 1. The number of rotatable bonds is 3. The molecule has 1 aliphatic heterocycles. The maximum absolute atomic E-state index is 9.40. The third-order valence-corrected chi connectivity index (χ3v) is 3.36. The fourth-order valence-corrected chi connectivity index (χ4v) is 2.33. The molecule has 0 amide bonds. The highest BCUT2D eigenvalue weighted by Gasteiger charge is 2.42. The van der Waals surface area contributed by atoms with Crippen molar-refractivity contribution in [2.24, 2.45) is 0 Å². The molecular formula is C12H16N4O. The number of hydrogen-bond acceptors (Lipinski definition) is 5. The lowest BCUT2D eigenvalue weighted by Crippen LogP contribution is -2.47. The standard InChI is InChI=1S/C12H16N4O/c1-17-12(3-7-14-8-4-12)10(9-13)11-15-5-2-6-16-11/h2,5-6,10,14H,3-4,7-8H2,1H3. The van der Waals surface area contributed by atoms with E-state index < -0.39 is 11.5 Å². The van der Waals surface area contributed by atoms with Crippen LogP contribution >= 0.6 is 0 Å². The lowest BCUT2D eigenvalue weighted by atomic mass is 9.80. The average molecular weight is 232 g/mol. The summed E-state index contributed by atoms with van der Waals surface area (Å²) in [6.07, 6.45) is 4.94. The largest absolute Gasteiger partial charge is 0.376 e. The van der Waals surface area contributed by atoms with E-state index in [0.717, 1.165) is 25.9 Å². The van der Waals surface area contributed by atoms with Gasteiger partial charge in [0.15, 0.2) is 0 Å².